The summed E-state index contributed by atoms with van der Waals surface area (Å²) in [4.78, 5) is 0. The van der Waals surface area contributed by atoms with E-state index < -0.39 is 0 Å². The molecule has 1 atom stereocenters. The van der Waals surface area contributed by atoms with Gasteiger partial charge in [0.2, 0.25) is 0 Å². The summed E-state index contributed by atoms with van der Waals surface area (Å²) in [5, 5.41) is 3.46. The van der Waals surface area contributed by atoms with Crippen LogP contribution in [0, 0.1) is 0 Å². The van der Waals surface area contributed by atoms with Crippen molar-refractivity contribution in [1.82, 2.24) is 5.32 Å². The molecule has 0 aliphatic carbocycles. The molecule has 78 valence electrons. The molecule has 1 aromatic rings. The maximum absolute atomic E-state index is 5.01. The largest absolute Gasteiger partial charge is 0.383 e. The van der Waals surface area contributed by atoms with Crippen LogP contribution < -0.4 is 5.32 Å². The third-order valence-electron chi connectivity index (χ3n) is 2.31. The normalized spacial score (nSPS) is 12.7. The average molecular weight is 193 g/mol. The molecule has 14 heavy (non-hydrogen) atoms. The van der Waals surface area contributed by atoms with Crippen LogP contribution in [-0.4, -0.2) is 20.3 Å². The van der Waals surface area contributed by atoms with E-state index in [1.165, 1.54) is 5.56 Å². The van der Waals surface area contributed by atoms with E-state index in [-0.39, 0.29) is 0 Å². The topological polar surface area (TPSA) is 21.3 Å². The molecule has 0 saturated carbocycles. The molecule has 0 fully saturated rings. The number of methoxy groups -OCH3 is 1. The second-order valence-corrected chi connectivity index (χ2v) is 3.32. The molecule has 0 aliphatic rings. The van der Waals surface area contributed by atoms with E-state index in [2.05, 4.69) is 36.5 Å². The highest BCUT2D eigenvalue weighted by molar-refractivity contribution is 5.18. The summed E-state index contributed by atoms with van der Waals surface area (Å²) in [6.45, 7) is 3.87. The minimum atomic E-state index is 0.450. The molecule has 1 aromatic carbocycles. The van der Waals surface area contributed by atoms with E-state index in [1.54, 1.807) is 7.11 Å². The molecule has 0 amide bonds. The lowest BCUT2D eigenvalue weighted by atomic mass is 10.1. The molecule has 1 N–H and O–H groups in total. The Kier molecular flexibility index (Phi) is 5.27. The van der Waals surface area contributed by atoms with Gasteiger partial charge in [0, 0.05) is 19.7 Å². The van der Waals surface area contributed by atoms with Gasteiger partial charge in [0.1, 0.15) is 0 Å². The Morgan fingerprint density at radius 2 is 2.00 bits per heavy atom. The summed E-state index contributed by atoms with van der Waals surface area (Å²) in [5.74, 6) is 0. The van der Waals surface area contributed by atoms with E-state index in [0.29, 0.717) is 6.04 Å². The van der Waals surface area contributed by atoms with Gasteiger partial charge in [0.05, 0.1) is 6.61 Å². The van der Waals surface area contributed by atoms with Crippen molar-refractivity contribution in [2.45, 2.75) is 19.4 Å². The van der Waals surface area contributed by atoms with Crippen molar-refractivity contribution in [3.63, 3.8) is 0 Å². The van der Waals surface area contributed by atoms with Gasteiger partial charge in [-0.2, -0.15) is 0 Å². The smallest absolute Gasteiger partial charge is 0.0587 e. The second kappa shape index (κ2) is 6.57. The number of benzene rings is 1. The molecule has 2 heteroatoms. The van der Waals surface area contributed by atoms with Crippen molar-refractivity contribution in [3.05, 3.63) is 35.9 Å². The third-order valence-corrected chi connectivity index (χ3v) is 2.31. The standard InChI is InChI=1S/C12H19NO/c1-3-12(13-9-10-14-2)11-7-5-4-6-8-11/h4-8,12-13H,3,9-10H2,1-2H3/t12-/m0/s1. The van der Waals surface area contributed by atoms with Gasteiger partial charge in [-0.25, -0.2) is 0 Å². The first-order valence-electron chi connectivity index (χ1n) is 5.15. The summed E-state index contributed by atoms with van der Waals surface area (Å²) in [7, 11) is 1.73. The van der Waals surface area contributed by atoms with E-state index in [1.807, 2.05) is 6.07 Å². The van der Waals surface area contributed by atoms with Gasteiger partial charge in [-0.3, -0.25) is 0 Å². The van der Waals surface area contributed by atoms with Gasteiger partial charge in [-0.05, 0) is 12.0 Å². The molecule has 0 aliphatic heterocycles. The molecule has 0 saturated heterocycles. The predicted octanol–water partition coefficient (Wildman–Crippen LogP) is 2.37. The number of hydrogen-bond donors (Lipinski definition) is 1. The van der Waals surface area contributed by atoms with Gasteiger partial charge in [-0.15, -0.1) is 0 Å². The summed E-state index contributed by atoms with van der Waals surface area (Å²) in [5.41, 5.74) is 1.35. The first-order chi connectivity index (χ1) is 6.88. The highest BCUT2D eigenvalue weighted by Crippen LogP contribution is 2.15. The minimum absolute atomic E-state index is 0.450. The fourth-order valence-corrected chi connectivity index (χ4v) is 1.52. The Hall–Kier alpha value is -0.860. The molecular weight excluding hydrogens is 174 g/mol. The van der Waals surface area contributed by atoms with Crippen LogP contribution in [0.4, 0.5) is 0 Å². The molecule has 0 spiro atoms. The van der Waals surface area contributed by atoms with Crippen LogP contribution in [0.2, 0.25) is 0 Å². The Morgan fingerprint density at radius 1 is 1.29 bits per heavy atom. The van der Waals surface area contributed by atoms with Crippen LogP contribution in [0.5, 0.6) is 0 Å². The molecule has 2 nitrogen and oxygen atoms in total. The summed E-state index contributed by atoms with van der Waals surface area (Å²) >= 11 is 0. The average Bonchev–Trinajstić information content (AvgIpc) is 2.26. The van der Waals surface area contributed by atoms with Gasteiger partial charge in [0.25, 0.3) is 0 Å². The van der Waals surface area contributed by atoms with Crippen LogP contribution >= 0.6 is 0 Å². The lowest BCUT2D eigenvalue weighted by molar-refractivity contribution is 0.195. The molecular formula is C12H19NO. The van der Waals surface area contributed by atoms with Crippen LogP contribution in [0.25, 0.3) is 0 Å². The summed E-state index contributed by atoms with van der Waals surface area (Å²) in [6, 6.07) is 11.0. The first kappa shape index (κ1) is 11.2. The number of rotatable bonds is 6. The lowest BCUT2D eigenvalue weighted by Crippen LogP contribution is -2.24. The van der Waals surface area contributed by atoms with Gasteiger partial charge < -0.3 is 10.1 Å². The van der Waals surface area contributed by atoms with Gasteiger partial charge in [-0.1, -0.05) is 37.3 Å². The zero-order valence-corrected chi connectivity index (χ0v) is 8.99. The number of nitrogens with one attached hydrogen (secondary N) is 1. The number of ether oxygens (including phenoxy) is 1. The maximum Gasteiger partial charge on any atom is 0.0587 e. The monoisotopic (exact) mass is 193 g/mol. The number of hydrogen-bond acceptors (Lipinski definition) is 2. The van der Waals surface area contributed by atoms with E-state index in [4.69, 9.17) is 4.74 Å². The van der Waals surface area contributed by atoms with Crippen LogP contribution in [0.1, 0.15) is 24.9 Å². The third kappa shape index (κ3) is 3.48. The Morgan fingerprint density at radius 3 is 2.57 bits per heavy atom. The van der Waals surface area contributed by atoms with Crippen molar-refractivity contribution in [2.24, 2.45) is 0 Å². The highest BCUT2D eigenvalue weighted by Gasteiger charge is 2.06. The van der Waals surface area contributed by atoms with Gasteiger partial charge in [0.15, 0.2) is 0 Å². The molecule has 0 unspecified atom stereocenters. The zero-order valence-electron chi connectivity index (χ0n) is 8.99. The maximum atomic E-state index is 5.01. The van der Waals surface area contributed by atoms with Crippen molar-refractivity contribution >= 4 is 0 Å². The Balaban J connectivity index is 2.46. The van der Waals surface area contributed by atoms with Crippen LogP contribution in [-0.2, 0) is 4.74 Å². The predicted molar refractivity (Wildman–Crippen MR) is 59.4 cm³/mol. The SMILES string of the molecule is CC[C@H](NCCOC)c1ccccc1. The summed E-state index contributed by atoms with van der Waals surface area (Å²) in [6.07, 6.45) is 1.10. The van der Waals surface area contributed by atoms with Crippen molar-refractivity contribution < 1.29 is 4.74 Å². The molecule has 0 bridgehead atoms. The quantitative estimate of drug-likeness (QED) is 0.700. The lowest BCUT2D eigenvalue weighted by Gasteiger charge is -2.16. The van der Waals surface area contributed by atoms with Crippen molar-refractivity contribution in [3.8, 4) is 0 Å². The van der Waals surface area contributed by atoms with E-state index in [0.717, 1.165) is 19.6 Å². The molecule has 0 radical (unpaired) electrons. The highest BCUT2D eigenvalue weighted by atomic mass is 16.5. The van der Waals surface area contributed by atoms with Crippen molar-refractivity contribution in [2.75, 3.05) is 20.3 Å². The van der Waals surface area contributed by atoms with Crippen LogP contribution in [0.3, 0.4) is 0 Å². The summed E-state index contributed by atoms with van der Waals surface area (Å²) < 4.78 is 5.01. The second-order valence-electron chi connectivity index (χ2n) is 3.32. The fraction of sp³-hybridized carbons (Fsp3) is 0.500. The van der Waals surface area contributed by atoms with Crippen molar-refractivity contribution in [1.29, 1.82) is 0 Å². The molecule has 1 rings (SSSR count). The van der Waals surface area contributed by atoms with E-state index in [9.17, 15) is 0 Å². The Bertz CT molecular complexity index is 235. The van der Waals surface area contributed by atoms with E-state index >= 15 is 0 Å². The zero-order chi connectivity index (χ0) is 10.2. The Labute approximate surface area is 86.3 Å². The van der Waals surface area contributed by atoms with Crippen LogP contribution in [0.15, 0.2) is 30.3 Å². The molecule has 0 aromatic heterocycles. The first-order valence-corrected chi connectivity index (χ1v) is 5.15. The fourth-order valence-electron chi connectivity index (χ4n) is 1.52. The van der Waals surface area contributed by atoms with Gasteiger partial charge >= 0.3 is 0 Å². The minimum Gasteiger partial charge on any atom is -0.383 e. The molecule has 0 heterocycles.